The van der Waals surface area contributed by atoms with Crippen LogP contribution in [-0.4, -0.2) is 147 Å². The SMILES string of the molecule is CC#CC(C)(OCC1O[C@@H](BC#CCNC(=O)COCCOC(COc2cccc(C(=O)NCCN)c2)SSC)C[C@H]1O[C@H](COC(=O)OCSC#N)SSC)P(O)O. The molecular formula is C35H50BN4O13PS5. The molecule has 2 rings (SSSR count). The van der Waals surface area contributed by atoms with E-state index in [9.17, 15) is 24.2 Å². The first kappa shape index (κ1) is 52.9. The van der Waals surface area contributed by atoms with Gasteiger partial charge in [-0.1, -0.05) is 61.1 Å². The molecule has 1 saturated heterocycles. The van der Waals surface area contributed by atoms with Gasteiger partial charge < -0.3 is 64.0 Å². The maximum atomic E-state index is 12.3. The average molecular weight is 937 g/mol. The third-order valence-corrected chi connectivity index (χ3v) is 12.6. The summed E-state index contributed by atoms with van der Waals surface area (Å²) in [4.78, 5) is 56.4. The first-order chi connectivity index (χ1) is 28.5. The first-order valence-electron chi connectivity index (χ1n) is 17.9. The van der Waals surface area contributed by atoms with Crippen LogP contribution >= 0.6 is 63.3 Å². The molecule has 3 unspecified atom stereocenters. The van der Waals surface area contributed by atoms with Crippen LogP contribution in [0.5, 0.6) is 5.75 Å². The lowest BCUT2D eigenvalue weighted by molar-refractivity contribution is -0.126. The van der Waals surface area contributed by atoms with Gasteiger partial charge in [0, 0.05) is 24.7 Å². The van der Waals surface area contributed by atoms with Gasteiger partial charge in [0.05, 0.1) is 32.5 Å². The molecule has 0 aliphatic carbocycles. The Bertz CT molecular complexity index is 1600. The molecule has 0 bridgehead atoms. The summed E-state index contributed by atoms with van der Waals surface area (Å²) in [6.07, 6.45) is 2.01. The number of nitrogens with two attached hydrogens (primary N) is 1. The quantitative estimate of drug-likeness (QED) is 0.0119. The van der Waals surface area contributed by atoms with Crippen molar-refractivity contribution in [1.29, 1.82) is 5.26 Å². The standard InChI is InChI=1S/C35H50BN4O13PS5/c1-5-10-35(2,54(44)45)51-19-28-27(53-32(59-56-4)22-49-34(43)50-24-57-23-38)18-29(52-28)36-11-7-13-39-30(41)20-46-15-16-47-31(58-55-3)21-48-26-9-6-8-25(17-26)33(42)40-14-12-37/h6,8-9,17,27-29,31-32,36,44-45H,12-16,18-22,24,37H2,1-4H3,(H,39,41)(H,40,42)/t27-,28?,29-,31?,32+,35?/m1/s1. The van der Waals surface area contributed by atoms with Gasteiger partial charge in [-0.3, -0.25) is 9.59 Å². The Hall–Kier alpha value is -2.24. The summed E-state index contributed by atoms with van der Waals surface area (Å²) in [6, 6.07) is 6.44. The number of hydrogen-bond acceptors (Lipinski definition) is 20. The van der Waals surface area contributed by atoms with Gasteiger partial charge >= 0.3 is 6.16 Å². The second-order valence-corrected chi connectivity index (χ2v) is 19.1. The number of nitrogens with one attached hydrogen (secondary N) is 2. The molecule has 17 nitrogen and oxygen atoms in total. The molecule has 59 heavy (non-hydrogen) atoms. The zero-order valence-electron chi connectivity index (χ0n) is 33.1. The van der Waals surface area contributed by atoms with Crippen LogP contribution in [0, 0.1) is 34.2 Å². The number of carbonyl (C=O) groups excluding carboxylic acids is 3. The van der Waals surface area contributed by atoms with Gasteiger partial charge in [0.2, 0.25) is 21.6 Å². The lowest BCUT2D eigenvalue weighted by atomic mass is 9.71. The van der Waals surface area contributed by atoms with E-state index in [4.69, 9.17) is 48.9 Å². The molecule has 6 atom stereocenters. The van der Waals surface area contributed by atoms with Gasteiger partial charge in [0.1, 0.15) is 47.9 Å². The summed E-state index contributed by atoms with van der Waals surface area (Å²) in [5.41, 5.74) is 4.97. The molecule has 0 radical (unpaired) electrons. The second-order valence-electron chi connectivity index (χ2n) is 11.8. The average Bonchev–Trinajstić information content (AvgIpc) is 3.60. The summed E-state index contributed by atoms with van der Waals surface area (Å²) >= 11 is 0.753. The van der Waals surface area contributed by atoms with Crippen molar-refractivity contribution in [1.82, 2.24) is 10.6 Å². The van der Waals surface area contributed by atoms with Crippen molar-refractivity contribution < 1.29 is 62.1 Å². The number of carbonyl (C=O) groups is 3. The molecule has 1 fully saturated rings. The predicted octanol–water partition coefficient (Wildman–Crippen LogP) is 2.85. The lowest BCUT2D eigenvalue weighted by Crippen LogP contribution is -2.37. The van der Waals surface area contributed by atoms with Crippen molar-refractivity contribution >= 4 is 88.6 Å². The van der Waals surface area contributed by atoms with E-state index in [1.165, 1.54) is 50.1 Å². The molecule has 326 valence electrons. The second kappa shape index (κ2) is 31.6. The van der Waals surface area contributed by atoms with Gasteiger partial charge in [-0.2, -0.15) is 11.1 Å². The highest BCUT2D eigenvalue weighted by atomic mass is 33.1. The molecule has 2 amide bonds. The van der Waals surface area contributed by atoms with Crippen LogP contribution in [0.3, 0.4) is 0 Å². The fourth-order valence-corrected chi connectivity index (χ4v) is 8.30. The fourth-order valence-electron chi connectivity index (χ4n) is 4.75. The maximum Gasteiger partial charge on any atom is 0.509 e. The van der Waals surface area contributed by atoms with E-state index in [-0.39, 0.29) is 75.4 Å². The van der Waals surface area contributed by atoms with E-state index >= 15 is 0 Å². The predicted molar refractivity (Wildman–Crippen MR) is 236 cm³/mol. The molecule has 6 N–H and O–H groups in total. The number of benzene rings is 1. The largest absolute Gasteiger partial charge is 0.509 e. The van der Waals surface area contributed by atoms with E-state index in [2.05, 4.69) is 34.2 Å². The topological polar surface area (TPSA) is 239 Å². The van der Waals surface area contributed by atoms with Gasteiger partial charge in [-0.25, -0.2) is 4.79 Å². The Morgan fingerprint density at radius 3 is 2.63 bits per heavy atom. The number of thioether (sulfide) groups is 1. The molecule has 1 aliphatic rings. The molecule has 1 aromatic rings. The summed E-state index contributed by atoms with van der Waals surface area (Å²) in [5, 5.41) is 14.3. The van der Waals surface area contributed by atoms with Gasteiger partial charge in [-0.15, -0.1) is 5.92 Å². The molecule has 1 heterocycles. The Labute approximate surface area is 367 Å². The van der Waals surface area contributed by atoms with Crippen molar-refractivity contribution in [3.05, 3.63) is 29.8 Å². The summed E-state index contributed by atoms with van der Waals surface area (Å²) in [7, 11) is 3.44. The highest BCUT2D eigenvalue weighted by Crippen LogP contribution is 2.43. The van der Waals surface area contributed by atoms with Crippen molar-refractivity contribution in [2.75, 3.05) is 77.7 Å². The molecule has 24 heteroatoms. The van der Waals surface area contributed by atoms with Gasteiger partial charge in [-0.05, 0) is 62.7 Å². The molecule has 1 aliphatic heterocycles. The smallest absolute Gasteiger partial charge is 0.490 e. The third kappa shape index (κ3) is 22.4. The van der Waals surface area contributed by atoms with Crippen molar-refractivity contribution in [3.8, 4) is 34.7 Å². The molecule has 1 aromatic carbocycles. The van der Waals surface area contributed by atoms with Crippen molar-refractivity contribution in [3.63, 3.8) is 0 Å². The number of thiocyanates is 1. The summed E-state index contributed by atoms with van der Waals surface area (Å²) < 4.78 is 45.6. The number of hydrogen-bond donors (Lipinski definition) is 5. The minimum absolute atomic E-state index is 0.0783. The number of ether oxygens (including phenoxy) is 8. The van der Waals surface area contributed by atoms with E-state index in [0.29, 0.717) is 38.1 Å². The van der Waals surface area contributed by atoms with Crippen LogP contribution in [0.2, 0.25) is 0 Å². The van der Waals surface area contributed by atoms with Crippen LogP contribution < -0.4 is 21.1 Å². The Kier molecular flexibility index (Phi) is 28.3. The highest BCUT2D eigenvalue weighted by molar-refractivity contribution is 8.76. The molecule has 0 aromatic heterocycles. The Morgan fingerprint density at radius 1 is 1.14 bits per heavy atom. The maximum absolute atomic E-state index is 12.3. The van der Waals surface area contributed by atoms with Gasteiger partial charge in [0.25, 0.3) is 5.91 Å². The first-order valence-corrected chi connectivity index (χ1v) is 25.3. The summed E-state index contributed by atoms with van der Waals surface area (Å²) in [6.45, 7) is 4.04. The van der Waals surface area contributed by atoms with Crippen LogP contribution in [0.4, 0.5) is 4.79 Å². The van der Waals surface area contributed by atoms with Crippen LogP contribution in [0.15, 0.2) is 24.3 Å². The van der Waals surface area contributed by atoms with E-state index in [1.54, 1.807) is 36.6 Å². The molecule has 0 saturated carbocycles. The number of rotatable bonds is 28. The van der Waals surface area contributed by atoms with Crippen LogP contribution in [0.25, 0.3) is 0 Å². The minimum Gasteiger partial charge on any atom is -0.490 e. The number of amides is 2. The Balaban J connectivity index is 1.82. The van der Waals surface area contributed by atoms with E-state index in [1.807, 2.05) is 12.5 Å². The monoisotopic (exact) mass is 936 g/mol. The van der Waals surface area contributed by atoms with Crippen molar-refractivity contribution in [2.24, 2.45) is 5.73 Å². The zero-order valence-corrected chi connectivity index (χ0v) is 38.1. The minimum atomic E-state index is -2.57. The van der Waals surface area contributed by atoms with Crippen LogP contribution in [-0.2, 0) is 38.0 Å². The van der Waals surface area contributed by atoms with E-state index < -0.39 is 37.5 Å². The summed E-state index contributed by atoms with van der Waals surface area (Å²) in [5.74, 6) is 11.0. The third-order valence-electron chi connectivity index (χ3n) is 7.42. The molecular weight excluding hydrogens is 887 g/mol. The highest BCUT2D eigenvalue weighted by Gasteiger charge is 2.41. The Morgan fingerprint density at radius 2 is 1.92 bits per heavy atom. The fraction of sp³-hybridized carbons (Fsp3) is 0.600. The van der Waals surface area contributed by atoms with Gasteiger partial charge in [0.15, 0.2) is 11.3 Å². The number of nitriles is 1. The zero-order chi connectivity index (χ0) is 43.3. The van der Waals surface area contributed by atoms with E-state index in [0.717, 1.165) is 11.8 Å². The molecule has 0 spiro atoms. The normalized spacial score (nSPS) is 17.8. The number of nitrogens with zero attached hydrogens (tertiary/aromatic N) is 1. The van der Waals surface area contributed by atoms with Crippen molar-refractivity contribution in [2.45, 2.75) is 54.7 Å². The van der Waals surface area contributed by atoms with Crippen LogP contribution in [0.1, 0.15) is 30.6 Å². The lowest BCUT2D eigenvalue weighted by Gasteiger charge is -2.29.